The van der Waals surface area contributed by atoms with E-state index in [1.54, 1.807) is 36.4 Å². The molecule has 3 aromatic carbocycles. The smallest absolute Gasteiger partial charge is 0.508 e. The van der Waals surface area contributed by atoms with E-state index in [2.05, 4.69) is 9.64 Å². The van der Waals surface area contributed by atoms with Crippen LogP contribution in [0.5, 0.6) is 17.2 Å². The number of benzene rings is 3. The lowest BCUT2D eigenvalue weighted by Crippen LogP contribution is -2.30. The standard InChI is InChI=1S/C26H27F3N2O5S/c27-26(28,29)36-24-10-12-25(13-11-24)37(33,34)31(19-20-4-3-5-22(32)18-20)21-6-8-23(9-7-21)35-17-16-30-14-1-2-15-30/h3-13,18,32H,1-2,14-17,19H2. The molecular formula is C26H27F3N2O5S. The molecule has 0 amide bonds. The summed E-state index contributed by atoms with van der Waals surface area (Å²) in [6.07, 6.45) is -2.51. The summed E-state index contributed by atoms with van der Waals surface area (Å²) in [4.78, 5) is 2.11. The summed E-state index contributed by atoms with van der Waals surface area (Å²) in [7, 11) is -4.20. The van der Waals surface area contributed by atoms with Crippen molar-refractivity contribution in [2.45, 2.75) is 30.6 Å². The molecule has 1 fully saturated rings. The van der Waals surface area contributed by atoms with E-state index in [9.17, 15) is 26.7 Å². The van der Waals surface area contributed by atoms with Crippen LogP contribution in [0.2, 0.25) is 0 Å². The maximum absolute atomic E-state index is 13.6. The summed E-state index contributed by atoms with van der Waals surface area (Å²) in [5.74, 6) is 0.0398. The van der Waals surface area contributed by atoms with Crippen molar-refractivity contribution in [3.05, 3.63) is 78.4 Å². The lowest BCUT2D eigenvalue weighted by atomic mass is 10.2. The average molecular weight is 537 g/mol. The fraction of sp³-hybridized carbons (Fsp3) is 0.308. The molecule has 0 unspecified atom stereocenters. The number of hydrogen-bond donors (Lipinski definition) is 1. The van der Waals surface area contributed by atoms with E-state index in [4.69, 9.17) is 4.74 Å². The van der Waals surface area contributed by atoms with Gasteiger partial charge in [-0.15, -0.1) is 13.2 Å². The Balaban J connectivity index is 1.56. The van der Waals surface area contributed by atoms with Crippen molar-refractivity contribution < 1.29 is 36.2 Å². The number of ether oxygens (including phenoxy) is 2. The normalized spacial score (nSPS) is 14.5. The molecule has 1 saturated heterocycles. The average Bonchev–Trinajstić information content (AvgIpc) is 3.36. The van der Waals surface area contributed by atoms with Crippen molar-refractivity contribution in [2.75, 3.05) is 30.5 Å². The van der Waals surface area contributed by atoms with Crippen LogP contribution in [-0.4, -0.2) is 51.0 Å². The zero-order valence-electron chi connectivity index (χ0n) is 19.9. The van der Waals surface area contributed by atoms with Crippen LogP contribution < -0.4 is 13.8 Å². The van der Waals surface area contributed by atoms with Gasteiger partial charge in [0.25, 0.3) is 10.0 Å². The van der Waals surface area contributed by atoms with E-state index in [1.807, 2.05) is 0 Å². The van der Waals surface area contributed by atoms with Gasteiger partial charge in [0.05, 0.1) is 17.1 Å². The zero-order chi connectivity index (χ0) is 26.5. The molecule has 0 atom stereocenters. The first-order valence-electron chi connectivity index (χ1n) is 11.7. The Morgan fingerprint density at radius 2 is 1.57 bits per heavy atom. The van der Waals surface area contributed by atoms with Gasteiger partial charge in [-0.3, -0.25) is 9.21 Å². The predicted octanol–water partition coefficient (Wildman–Crippen LogP) is 5.16. The first-order valence-corrected chi connectivity index (χ1v) is 13.2. The molecule has 0 radical (unpaired) electrons. The predicted molar refractivity (Wildman–Crippen MR) is 132 cm³/mol. The number of halogens is 3. The highest BCUT2D eigenvalue weighted by molar-refractivity contribution is 7.92. The van der Waals surface area contributed by atoms with Crippen LogP contribution >= 0.6 is 0 Å². The number of phenolic OH excluding ortho intramolecular Hbond substituents is 1. The summed E-state index contributed by atoms with van der Waals surface area (Å²) < 4.78 is 75.5. The molecule has 1 N–H and O–H groups in total. The molecule has 198 valence electrons. The van der Waals surface area contributed by atoms with E-state index in [0.717, 1.165) is 48.2 Å². The van der Waals surface area contributed by atoms with E-state index >= 15 is 0 Å². The zero-order valence-corrected chi connectivity index (χ0v) is 20.7. The molecule has 1 aliphatic heterocycles. The van der Waals surface area contributed by atoms with Crippen LogP contribution in [0, 0.1) is 0 Å². The number of hydrogen-bond acceptors (Lipinski definition) is 6. The number of sulfonamides is 1. The van der Waals surface area contributed by atoms with Gasteiger partial charge < -0.3 is 14.6 Å². The van der Waals surface area contributed by atoms with Crippen LogP contribution in [0.4, 0.5) is 18.9 Å². The summed E-state index contributed by atoms with van der Waals surface area (Å²) >= 11 is 0. The summed E-state index contributed by atoms with van der Waals surface area (Å²) in [6, 6.07) is 16.7. The third kappa shape index (κ3) is 7.30. The fourth-order valence-corrected chi connectivity index (χ4v) is 5.54. The molecule has 0 aliphatic carbocycles. The van der Waals surface area contributed by atoms with Crippen molar-refractivity contribution in [2.24, 2.45) is 0 Å². The minimum Gasteiger partial charge on any atom is -0.508 e. The Labute approximate surface area is 213 Å². The molecule has 4 rings (SSSR count). The largest absolute Gasteiger partial charge is 0.573 e. The van der Waals surface area contributed by atoms with Gasteiger partial charge in [-0.2, -0.15) is 0 Å². The molecular weight excluding hydrogens is 509 g/mol. The number of rotatable bonds is 10. The maximum atomic E-state index is 13.6. The highest BCUT2D eigenvalue weighted by Gasteiger charge is 2.31. The van der Waals surface area contributed by atoms with E-state index in [0.29, 0.717) is 23.6 Å². The number of aromatic hydroxyl groups is 1. The Morgan fingerprint density at radius 3 is 2.19 bits per heavy atom. The van der Waals surface area contributed by atoms with Crippen molar-refractivity contribution in [3.8, 4) is 17.2 Å². The summed E-state index contributed by atoms with van der Waals surface area (Å²) in [6.45, 7) is 3.33. The monoisotopic (exact) mass is 536 g/mol. The third-order valence-corrected chi connectivity index (χ3v) is 7.67. The maximum Gasteiger partial charge on any atom is 0.573 e. The van der Waals surface area contributed by atoms with Gasteiger partial charge in [0.2, 0.25) is 0 Å². The van der Waals surface area contributed by atoms with Crippen LogP contribution in [0.3, 0.4) is 0 Å². The fourth-order valence-electron chi connectivity index (χ4n) is 4.08. The van der Waals surface area contributed by atoms with Crippen molar-refractivity contribution in [1.82, 2.24) is 4.90 Å². The van der Waals surface area contributed by atoms with Crippen molar-refractivity contribution >= 4 is 15.7 Å². The van der Waals surface area contributed by atoms with E-state index in [-0.39, 0.29) is 17.2 Å². The second kappa shape index (κ2) is 11.3. The molecule has 0 bridgehead atoms. The molecule has 0 spiro atoms. The molecule has 0 aromatic heterocycles. The highest BCUT2D eigenvalue weighted by Crippen LogP contribution is 2.30. The number of likely N-dealkylation sites (tertiary alicyclic amines) is 1. The van der Waals surface area contributed by atoms with Gasteiger partial charge in [0.15, 0.2) is 0 Å². The number of nitrogens with zero attached hydrogens (tertiary/aromatic N) is 2. The second-order valence-electron chi connectivity index (χ2n) is 8.59. The lowest BCUT2D eigenvalue weighted by molar-refractivity contribution is -0.274. The number of phenols is 1. The topological polar surface area (TPSA) is 79.3 Å². The summed E-state index contributed by atoms with van der Waals surface area (Å²) in [5.41, 5.74) is 0.845. The molecule has 11 heteroatoms. The van der Waals surface area contributed by atoms with Crippen LogP contribution in [0.25, 0.3) is 0 Å². The molecule has 3 aromatic rings. The van der Waals surface area contributed by atoms with Gasteiger partial charge in [0, 0.05) is 6.54 Å². The van der Waals surface area contributed by atoms with Crippen molar-refractivity contribution in [1.29, 1.82) is 0 Å². The molecule has 0 saturated carbocycles. The minimum atomic E-state index is -4.89. The Morgan fingerprint density at radius 1 is 0.919 bits per heavy atom. The Kier molecular flexibility index (Phi) is 8.13. The van der Waals surface area contributed by atoms with Gasteiger partial charge in [0.1, 0.15) is 23.9 Å². The third-order valence-electron chi connectivity index (χ3n) is 5.88. The second-order valence-corrected chi connectivity index (χ2v) is 10.5. The highest BCUT2D eigenvalue weighted by atomic mass is 32.2. The number of alkyl halides is 3. The number of anilines is 1. The van der Waals surface area contributed by atoms with Crippen LogP contribution in [0.1, 0.15) is 18.4 Å². The lowest BCUT2D eigenvalue weighted by Gasteiger charge is -2.25. The van der Waals surface area contributed by atoms with Gasteiger partial charge >= 0.3 is 6.36 Å². The van der Waals surface area contributed by atoms with Crippen LogP contribution in [-0.2, 0) is 16.6 Å². The SMILES string of the molecule is O=S(=O)(c1ccc(OC(F)(F)F)cc1)N(Cc1cccc(O)c1)c1ccc(OCCN2CCCC2)cc1. The molecule has 1 aliphatic rings. The first-order chi connectivity index (χ1) is 17.6. The van der Waals surface area contributed by atoms with Crippen LogP contribution in [0.15, 0.2) is 77.7 Å². The van der Waals surface area contributed by atoms with E-state index < -0.39 is 22.1 Å². The molecule has 37 heavy (non-hydrogen) atoms. The van der Waals surface area contributed by atoms with Gasteiger partial charge in [-0.25, -0.2) is 8.42 Å². The van der Waals surface area contributed by atoms with Gasteiger partial charge in [-0.05, 0) is 92.2 Å². The van der Waals surface area contributed by atoms with E-state index in [1.165, 1.54) is 25.0 Å². The Bertz CT molecular complexity index is 1280. The minimum absolute atomic E-state index is 0.0229. The molecule has 1 heterocycles. The molecule has 7 nitrogen and oxygen atoms in total. The quantitative estimate of drug-likeness (QED) is 0.386. The van der Waals surface area contributed by atoms with Gasteiger partial charge in [-0.1, -0.05) is 12.1 Å². The first kappa shape index (κ1) is 26.6. The summed E-state index contributed by atoms with van der Waals surface area (Å²) in [5, 5.41) is 9.84. The Hall–Kier alpha value is -3.44. The van der Waals surface area contributed by atoms with Crippen molar-refractivity contribution in [3.63, 3.8) is 0 Å².